The fourth-order valence-corrected chi connectivity index (χ4v) is 2.45. The normalized spacial score (nSPS) is 20.2. The zero-order valence-corrected chi connectivity index (χ0v) is 11.1. The van der Waals surface area contributed by atoms with Crippen molar-refractivity contribution in [2.45, 2.75) is 25.3 Å². The van der Waals surface area contributed by atoms with Crippen LogP contribution in [0.4, 0.5) is 17.1 Å². The molecule has 0 aromatic heterocycles. The van der Waals surface area contributed by atoms with Crippen molar-refractivity contribution in [1.82, 2.24) is 4.90 Å². The van der Waals surface area contributed by atoms with E-state index in [0.29, 0.717) is 11.7 Å². The average Bonchev–Trinajstić information content (AvgIpc) is 2.39. The molecule has 3 N–H and O–H groups in total. The smallest absolute Gasteiger partial charge is 0.271 e. The van der Waals surface area contributed by atoms with E-state index >= 15 is 0 Å². The second kappa shape index (κ2) is 5.88. The molecule has 1 aromatic carbocycles. The summed E-state index contributed by atoms with van der Waals surface area (Å²) < 4.78 is 0. The predicted octanol–water partition coefficient (Wildman–Crippen LogP) is 2.07. The Morgan fingerprint density at radius 1 is 1.53 bits per heavy atom. The quantitative estimate of drug-likeness (QED) is 0.494. The minimum atomic E-state index is -0.435. The van der Waals surface area contributed by atoms with Gasteiger partial charge in [-0.25, -0.2) is 0 Å². The van der Waals surface area contributed by atoms with Crippen molar-refractivity contribution in [1.29, 1.82) is 0 Å². The topological polar surface area (TPSA) is 84.4 Å². The molecule has 104 valence electrons. The first kappa shape index (κ1) is 13.6. The highest BCUT2D eigenvalue weighted by atomic mass is 16.6. The Hall–Kier alpha value is -1.82. The summed E-state index contributed by atoms with van der Waals surface area (Å²) in [6.45, 7) is 1.95. The van der Waals surface area contributed by atoms with Crippen molar-refractivity contribution in [3.8, 4) is 0 Å². The lowest BCUT2D eigenvalue weighted by atomic mass is 10.0. The van der Waals surface area contributed by atoms with Gasteiger partial charge in [0.05, 0.1) is 16.3 Å². The van der Waals surface area contributed by atoms with Crippen LogP contribution in [-0.2, 0) is 0 Å². The van der Waals surface area contributed by atoms with Gasteiger partial charge in [0.25, 0.3) is 5.69 Å². The lowest BCUT2D eigenvalue weighted by Crippen LogP contribution is -2.40. The van der Waals surface area contributed by atoms with Crippen LogP contribution in [0.15, 0.2) is 18.2 Å². The second-order valence-electron chi connectivity index (χ2n) is 5.04. The van der Waals surface area contributed by atoms with Crippen LogP contribution in [0.25, 0.3) is 0 Å². The van der Waals surface area contributed by atoms with E-state index in [4.69, 9.17) is 5.73 Å². The van der Waals surface area contributed by atoms with Crippen molar-refractivity contribution in [2.75, 3.05) is 31.2 Å². The highest BCUT2D eigenvalue weighted by Gasteiger charge is 2.18. The number of nitrogens with two attached hydrogens (primary N) is 1. The van der Waals surface area contributed by atoms with Gasteiger partial charge >= 0.3 is 0 Å². The SMILES string of the molecule is CN1CCCCC1CNc1ccc([N+](=O)[O-])cc1N. The number of nitrogen functional groups attached to an aromatic ring is 1. The number of nitrogens with zero attached hydrogens (tertiary/aromatic N) is 2. The molecule has 0 aliphatic carbocycles. The number of piperidine rings is 1. The number of hydrogen-bond donors (Lipinski definition) is 2. The van der Waals surface area contributed by atoms with Crippen molar-refractivity contribution in [2.24, 2.45) is 0 Å². The maximum Gasteiger partial charge on any atom is 0.271 e. The first-order chi connectivity index (χ1) is 9.08. The molecule has 1 aliphatic heterocycles. The minimum Gasteiger partial charge on any atom is -0.397 e. The van der Waals surface area contributed by atoms with Gasteiger partial charge < -0.3 is 16.0 Å². The molecule has 0 amide bonds. The molecule has 6 heteroatoms. The number of likely N-dealkylation sites (tertiary alicyclic amines) is 1. The summed E-state index contributed by atoms with van der Waals surface area (Å²) in [5.74, 6) is 0. The molecule has 1 aliphatic rings. The largest absolute Gasteiger partial charge is 0.397 e. The maximum atomic E-state index is 10.6. The third-order valence-electron chi connectivity index (χ3n) is 3.70. The molecule has 0 spiro atoms. The fraction of sp³-hybridized carbons (Fsp3) is 0.538. The number of rotatable bonds is 4. The Morgan fingerprint density at radius 2 is 2.32 bits per heavy atom. The number of hydrogen-bond acceptors (Lipinski definition) is 5. The van der Waals surface area contributed by atoms with Crippen LogP contribution >= 0.6 is 0 Å². The molecule has 6 nitrogen and oxygen atoms in total. The Kier molecular flexibility index (Phi) is 4.21. The van der Waals surface area contributed by atoms with Crippen LogP contribution in [0.3, 0.4) is 0 Å². The van der Waals surface area contributed by atoms with Crippen LogP contribution < -0.4 is 11.1 Å². The lowest BCUT2D eigenvalue weighted by molar-refractivity contribution is -0.384. The number of benzene rings is 1. The van der Waals surface area contributed by atoms with Gasteiger partial charge in [-0.1, -0.05) is 6.42 Å². The highest BCUT2D eigenvalue weighted by Crippen LogP contribution is 2.24. The summed E-state index contributed by atoms with van der Waals surface area (Å²) >= 11 is 0. The predicted molar refractivity (Wildman–Crippen MR) is 76.3 cm³/mol. The molecule has 19 heavy (non-hydrogen) atoms. The van der Waals surface area contributed by atoms with E-state index in [0.717, 1.165) is 18.8 Å². The van der Waals surface area contributed by atoms with E-state index in [1.54, 1.807) is 6.07 Å². The van der Waals surface area contributed by atoms with E-state index < -0.39 is 4.92 Å². The Morgan fingerprint density at radius 3 is 2.95 bits per heavy atom. The van der Waals surface area contributed by atoms with Crippen molar-refractivity contribution in [3.05, 3.63) is 28.3 Å². The minimum absolute atomic E-state index is 0.0258. The molecule has 0 radical (unpaired) electrons. The van der Waals surface area contributed by atoms with Gasteiger partial charge in [0.1, 0.15) is 0 Å². The van der Waals surface area contributed by atoms with Gasteiger partial charge in [-0.05, 0) is 32.5 Å². The molecule has 1 fully saturated rings. The van der Waals surface area contributed by atoms with Crippen LogP contribution in [0.2, 0.25) is 0 Å². The number of nitro benzene ring substituents is 1. The number of nitrogens with one attached hydrogen (secondary N) is 1. The summed E-state index contributed by atoms with van der Waals surface area (Å²) in [6.07, 6.45) is 3.69. The first-order valence-corrected chi connectivity index (χ1v) is 6.56. The van der Waals surface area contributed by atoms with Crippen molar-refractivity contribution < 1.29 is 4.92 Å². The molecule has 1 atom stereocenters. The monoisotopic (exact) mass is 264 g/mol. The third kappa shape index (κ3) is 3.35. The standard InChI is InChI=1S/C13H20N4O2/c1-16-7-3-2-4-11(16)9-15-13-6-5-10(17(18)19)8-12(13)14/h5-6,8,11,15H,2-4,7,9,14H2,1H3. The van der Waals surface area contributed by atoms with Gasteiger partial charge in [-0.15, -0.1) is 0 Å². The van der Waals surface area contributed by atoms with Crippen molar-refractivity contribution >= 4 is 17.1 Å². The van der Waals surface area contributed by atoms with Gasteiger partial charge in [-0.3, -0.25) is 10.1 Å². The van der Waals surface area contributed by atoms with Gasteiger partial charge in [0.15, 0.2) is 0 Å². The highest BCUT2D eigenvalue weighted by molar-refractivity contribution is 5.69. The second-order valence-corrected chi connectivity index (χ2v) is 5.04. The Labute approximate surface area is 112 Å². The summed E-state index contributed by atoms with van der Waals surface area (Å²) in [6, 6.07) is 5.05. The van der Waals surface area contributed by atoms with Crippen LogP contribution in [-0.4, -0.2) is 36.0 Å². The average molecular weight is 264 g/mol. The zero-order chi connectivity index (χ0) is 13.8. The van der Waals surface area contributed by atoms with Gasteiger partial charge in [-0.2, -0.15) is 0 Å². The summed E-state index contributed by atoms with van der Waals surface area (Å²) in [5.41, 5.74) is 7.05. The first-order valence-electron chi connectivity index (χ1n) is 6.56. The van der Waals surface area contributed by atoms with E-state index in [9.17, 15) is 10.1 Å². The fourth-order valence-electron chi connectivity index (χ4n) is 2.45. The summed E-state index contributed by atoms with van der Waals surface area (Å²) in [7, 11) is 2.13. The summed E-state index contributed by atoms with van der Waals surface area (Å²) in [4.78, 5) is 12.5. The third-order valence-corrected chi connectivity index (χ3v) is 3.70. The van der Waals surface area contributed by atoms with E-state index in [-0.39, 0.29) is 5.69 Å². The molecule has 1 saturated heterocycles. The number of anilines is 2. The van der Waals surface area contributed by atoms with Crippen molar-refractivity contribution in [3.63, 3.8) is 0 Å². The number of likely N-dealkylation sites (N-methyl/N-ethyl adjacent to an activating group) is 1. The van der Waals surface area contributed by atoms with Crippen LogP contribution in [0.5, 0.6) is 0 Å². The maximum absolute atomic E-state index is 10.6. The van der Waals surface area contributed by atoms with Gasteiger partial charge in [0.2, 0.25) is 0 Å². The molecule has 1 aromatic rings. The van der Waals surface area contributed by atoms with Crippen LogP contribution in [0, 0.1) is 10.1 Å². The zero-order valence-electron chi connectivity index (χ0n) is 11.1. The lowest BCUT2D eigenvalue weighted by Gasteiger charge is -2.32. The number of nitro groups is 1. The molecule has 1 heterocycles. The van der Waals surface area contributed by atoms with E-state index in [1.165, 1.54) is 31.4 Å². The van der Waals surface area contributed by atoms with E-state index in [2.05, 4.69) is 17.3 Å². The number of non-ortho nitro benzene ring substituents is 1. The molecule has 1 unspecified atom stereocenters. The molecular formula is C13H20N4O2. The molecule has 0 bridgehead atoms. The van der Waals surface area contributed by atoms with Crippen LogP contribution in [0.1, 0.15) is 19.3 Å². The van der Waals surface area contributed by atoms with Gasteiger partial charge in [0, 0.05) is 24.7 Å². The van der Waals surface area contributed by atoms with E-state index in [1.807, 2.05) is 0 Å². The molecule has 0 saturated carbocycles. The molecular weight excluding hydrogens is 244 g/mol. The Balaban J connectivity index is 1.97. The molecule has 2 rings (SSSR count). The summed E-state index contributed by atoms with van der Waals surface area (Å²) in [5, 5.41) is 13.9. The Bertz CT molecular complexity index is 464.